The lowest BCUT2D eigenvalue weighted by atomic mass is 10.2. The number of benzene rings is 2. The van der Waals surface area contributed by atoms with Gasteiger partial charge in [-0.15, -0.1) is 0 Å². The molecule has 0 bridgehead atoms. The third-order valence-electron chi connectivity index (χ3n) is 4.46. The number of ether oxygens (including phenoxy) is 1. The third-order valence-corrected chi connectivity index (χ3v) is 4.46. The average Bonchev–Trinajstić information content (AvgIpc) is 3.01. The van der Waals surface area contributed by atoms with Gasteiger partial charge < -0.3 is 14.4 Å². The Bertz CT molecular complexity index is 808. The lowest BCUT2D eigenvalue weighted by Gasteiger charge is -2.14. The fourth-order valence-electron chi connectivity index (χ4n) is 3.06. The summed E-state index contributed by atoms with van der Waals surface area (Å²) in [5.74, 6) is 1.60. The lowest BCUT2D eigenvalue weighted by Crippen LogP contribution is -2.14. The molecule has 0 spiro atoms. The first-order valence-corrected chi connectivity index (χ1v) is 9.08. The number of para-hydroxylation sites is 2. The van der Waals surface area contributed by atoms with Crippen molar-refractivity contribution in [3.8, 4) is 5.75 Å². The predicted molar refractivity (Wildman–Crippen MR) is 101 cm³/mol. The van der Waals surface area contributed by atoms with Crippen molar-refractivity contribution in [3.05, 3.63) is 59.9 Å². The van der Waals surface area contributed by atoms with Gasteiger partial charge in [0.05, 0.1) is 17.6 Å². The zero-order valence-corrected chi connectivity index (χ0v) is 15.0. The van der Waals surface area contributed by atoms with Crippen LogP contribution in [0.3, 0.4) is 0 Å². The molecule has 3 aromatic rings. The Labute approximate surface area is 149 Å². The first kappa shape index (κ1) is 17.5. The second kappa shape index (κ2) is 8.17. The summed E-state index contributed by atoms with van der Waals surface area (Å²) in [5.41, 5.74) is 3.26. The van der Waals surface area contributed by atoms with Crippen molar-refractivity contribution in [3.63, 3.8) is 0 Å². The Morgan fingerprint density at radius 1 is 1.08 bits per heavy atom. The van der Waals surface area contributed by atoms with Gasteiger partial charge in [0.15, 0.2) is 0 Å². The van der Waals surface area contributed by atoms with Crippen LogP contribution < -0.4 is 4.74 Å². The number of fused-ring (bicyclic) bond motifs is 1. The summed E-state index contributed by atoms with van der Waals surface area (Å²) in [6, 6.07) is 16.2. The van der Waals surface area contributed by atoms with Crippen LogP contribution >= 0.6 is 0 Å². The van der Waals surface area contributed by atoms with Crippen molar-refractivity contribution >= 4 is 11.0 Å². The summed E-state index contributed by atoms with van der Waals surface area (Å²) in [6.45, 7) is 5.41. The van der Waals surface area contributed by atoms with Gasteiger partial charge in [-0.25, -0.2) is 4.98 Å². The SMILES string of the molecule is CCC[C@H](O)c1nc2ccccc2n1CCOc1ccc(CC)cc1. The molecule has 3 rings (SSSR count). The Morgan fingerprint density at radius 3 is 2.56 bits per heavy atom. The highest BCUT2D eigenvalue weighted by molar-refractivity contribution is 5.76. The molecular weight excluding hydrogens is 312 g/mol. The first-order valence-electron chi connectivity index (χ1n) is 9.08. The maximum Gasteiger partial charge on any atom is 0.138 e. The van der Waals surface area contributed by atoms with Crippen molar-refractivity contribution in [2.24, 2.45) is 0 Å². The van der Waals surface area contributed by atoms with Crippen LogP contribution in [0.25, 0.3) is 11.0 Å². The lowest BCUT2D eigenvalue weighted by molar-refractivity contribution is 0.151. The fourth-order valence-corrected chi connectivity index (χ4v) is 3.06. The number of hydrogen-bond donors (Lipinski definition) is 1. The Hall–Kier alpha value is -2.33. The quantitative estimate of drug-likeness (QED) is 0.657. The predicted octanol–water partition coefficient (Wildman–Crippen LogP) is 4.51. The van der Waals surface area contributed by atoms with Gasteiger partial charge in [0.25, 0.3) is 0 Å². The van der Waals surface area contributed by atoms with E-state index in [0.29, 0.717) is 19.6 Å². The van der Waals surface area contributed by atoms with E-state index in [9.17, 15) is 5.11 Å². The zero-order valence-electron chi connectivity index (χ0n) is 15.0. The molecule has 0 fully saturated rings. The summed E-state index contributed by atoms with van der Waals surface area (Å²) in [5, 5.41) is 10.5. The van der Waals surface area contributed by atoms with Crippen molar-refractivity contribution in [1.82, 2.24) is 9.55 Å². The second-order valence-electron chi connectivity index (χ2n) is 6.26. The molecule has 25 heavy (non-hydrogen) atoms. The van der Waals surface area contributed by atoms with Crippen molar-refractivity contribution < 1.29 is 9.84 Å². The molecule has 0 amide bonds. The number of imidazole rings is 1. The van der Waals surface area contributed by atoms with E-state index >= 15 is 0 Å². The van der Waals surface area contributed by atoms with Crippen LogP contribution in [0.15, 0.2) is 48.5 Å². The van der Waals surface area contributed by atoms with Gasteiger partial charge in [0.2, 0.25) is 0 Å². The molecule has 132 valence electrons. The molecule has 4 heteroatoms. The van der Waals surface area contributed by atoms with Gasteiger partial charge in [0, 0.05) is 0 Å². The van der Waals surface area contributed by atoms with Gasteiger partial charge >= 0.3 is 0 Å². The molecule has 0 aliphatic rings. The third kappa shape index (κ3) is 4.02. The van der Waals surface area contributed by atoms with E-state index in [2.05, 4.69) is 35.5 Å². The first-order chi connectivity index (χ1) is 12.2. The molecule has 0 aliphatic heterocycles. The number of aromatic nitrogens is 2. The molecule has 1 N–H and O–H groups in total. The number of nitrogens with zero attached hydrogens (tertiary/aromatic N) is 2. The minimum absolute atomic E-state index is 0.539. The molecule has 1 aromatic heterocycles. The molecule has 0 unspecified atom stereocenters. The fraction of sp³-hybridized carbons (Fsp3) is 0.381. The standard InChI is InChI=1S/C21H26N2O2/c1-3-7-20(24)21-22-18-8-5-6-9-19(18)23(21)14-15-25-17-12-10-16(4-2)11-13-17/h5-6,8-13,20,24H,3-4,7,14-15H2,1-2H3/t20-/m0/s1. The van der Waals surface area contributed by atoms with Crippen LogP contribution in [0, 0.1) is 0 Å². The Balaban J connectivity index is 1.75. The Morgan fingerprint density at radius 2 is 1.84 bits per heavy atom. The number of aliphatic hydroxyl groups excluding tert-OH is 1. The average molecular weight is 338 g/mol. The molecule has 1 heterocycles. The minimum atomic E-state index is -0.541. The van der Waals surface area contributed by atoms with Crippen molar-refractivity contribution in [1.29, 1.82) is 0 Å². The molecule has 0 saturated heterocycles. The molecule has 1 atom stereocenters. The summed E-state index contributed by atoms with van der Waals surface area (Å²) < 4.78 is 7.97. The highest BCUT2D eigenvalue weighted by Gasteiger charge is 2.17. The molecule has 0 aliphatic carbocycles. The molecular formula is C21H26N2O2. The highest BCUT2D eigenvalue weighted by Crippen LogP contribution is 2.23. The van der Waals surface area contributed by atoms with E-state index in [4.69, 9.17) is 4.74 Å². The van der Waals surface area contributed by atoms with Crippen LogP contribution in [0.5, 0.6) is 5.75 Å². The number of hydrogen-bond acceptors (Lipinski definition) is 3. The van der Waals surface area contributed by atoms with Gasteiger partial charge in [-0.3, -0.25) is 0 Å². The molecule has 0 saturated carbocycles. The van der Waals surface area contributed by atoms with E-state index in [-0.39, 0.29) is 0 Å². The molecule has 0 radical (unpaired) electrons. The number of rotatable bonds is 8. The van der Waals surface area contributed by atoms with Crippen LogP contribution in [-0.4, -0.2) is 21.3 Å². The van der Waals surface area contributed by atoms with E-state index in [0.717, 1.165) is 35.4 Å². The smallest absolute Gasteiger partial charge is 0.138 e. The highest BCUT2D eigenvalue weighted by atomic mass is 16.5. The summed E-state index contributed by atoms with van der Waals surface area (Å²) in [7, 11) is 0. The van der Waals surface area contributed by atoms with Gasteiger partial charge in [-0.1, -0.05) is 44.5 Å². The van der Waals surface area contributed by atoms with Crippen molar-refractivity contribution in [2.75, 3.05) is 6.61 Å². The van der Waals surface area contributed by atoms with Gasteiger partial charge in [-0.2, -0.15) is 0 Å². The van der Waals surface area contributed by atoms with E-state index in [1.54, 1.807) is 0 Å². The summed E-state index contributed by atoms with van der Waals surface area (Å²) in [4.78, 5) is 4.64. The summed E-state index contributed by atoms with van der Waals surface area (Å²) in [6.07, 6.45) is 2.12. The van der Waals surface area contributed by atoms with E-state index in [1.807, 2.05) is 36.4 Å². The maximum absolute atomic E-state index is 10.5. The largest absolute Gasteiger partial charge is 0.492 e. The zero-order chi connectivity index (χ0) is 17.6. The molecule has 4 nitrogen and oxygen atoms in total. The van der Waals surface area contributed by atoms with Crippen molar-refractivity contribution in [2.45, 2.75) is 45.8 Å². The van der Waals surface area contributed by atoms with Crippen LogP contribution in [0.4, 0.5) is 0 Å². The topological polar surface area (TPSA) is 47.3 Å². The van der Waals surface area contributed by atoms with E-state index in [1.165, 1.54) is 5.56 Å². The monoisotopic (exact) mass is 338 g/mol. The number of aryl methyl sites for hydroxylation is 1. The minimum Gasteiger partial charge on any atom is -0.492 e. The van der Waals surface area contributed by atoms with Crippen LogP contribution in [0.2, 0.25) is 0 Å². The second-order valence-corrected chi connectivity index (χ2v) is 6.26. The van der Waals surface area contributed by atoms with Crippen LogP contribution in [-0.2, 0) is 13.0 Å². The molecule has 2 aromatic carbocycles. The van der Waals surface area contributed by atoms with Crippen LogP contribution in [0.1, 0.15) is 44.2 Å². The summed E-state index contributed by atoms with van der Waals surface area (Å²) >= 11 is 0. The Kier molecular flexibility index (Phi) is 5.71. The van der Waals surface area contributed by atoms with Gasteiger partial charge in [0.1, 0.15) is 24.3 Å². The maximum atomic E-state index is 10.5. The number of aliphatic hydroxyl groups is 1. The normalized spacial score (nSPS) is 12.4. The van der Waals surface area contributed by atoms with E-state index < -0.39 is 6.10 Å². The van der Waals surface area contributed by atoms with Gasteiger partial charge in [-0.05, 0) is 42.7 Å².